The number of hydrogen-bond acceptors (Lipinski definition) is 20. The second kappa shape index (κ2) is 83.8. The van der Waals surface area contributed by atoms with Gasteiger partial charge in [-0.2, -0.15) is 0 Å². The van der Waals surface area contributed by atoms with E-state index >= 15 is 0 Å². The number of benzene rings is 10. The number of methoxy groups -OCH3 is 5. The van der Waals surface area contributed by atoms with E-state index in [4.69, 9.17) is 100 Å². The summed E-state index contributed by atoms with van der Waals surface area (Å²) in [4.78, 5) is 119. The Hall–Kier alpha value is -11.1. The van der Waals surface area contributed by atoms with E-state index in [0.717, 1.165) is 71.8 Å². The standard InChI is InChI=1S/C20H19NO4.C17H15NO2.C10H9NO2.C10H12O2.C9H9BrO2.C9H6ClNO.C9H7NO2.C8H7BrO2.C3H5Br.CH3F.CN.CH4O.CH4.2Cl2OS.Cu.Na.H2O/c1-5-25-20(23)18(14-6-9-16(24-4)10-7-14)19(22)17-11-8-15(21-3)12-13(17)2;1-12-10-14(18-2)6-9-16(12)17(19)11-13-4-7-15(20-3)8-5-13;1-7-6-8(11-2)4-5-9(7)10(12)13-3;1-8(11)7-9-3-5-10(12-2)6-4-9;1-6-5-7(10)3-4-8(6)9(11)12-2;1-6-5-7(11-2)3-4-8(6)9(10)12;1-6-5-7(10-2)3-4-8(6)9(11)12;1-5-4-6(9)2-3-7(5)8(10)11;1-2-3-4;3*1-2;;2*1-4(2)3;;;/h6-12,18H,5H2,1-2,4H3;4-10H,11H2,1,3H3;4-6H,1,3H3;3-6H,7H2,1-2H3;3-5H,1-2H3;3-5H,1H3;3-5H,1H3,(H,11,12);2-4H,1H3,(H,10,11);2H,1,3H2;1H3;;2H,1H3;1H4;;;;;1H2/q;;;;;;;;;;-1;;;;;2*+1;/p-1/i;;;;;;;;;1D;;;;;;;;. The molecule has 0 spiro atoms. The molecule has 139 heavy (non-hydrogen) atoms. The molecule has 740 valence electrons. The fraction of sp³-hybridized carbons (Fsp3) is 0.222. The van der Waals surface area contributed by atoms with E-state index in [1.54, 1.807) is 203 Å². The topological polar surface area (TPSA) is 379 Å². The van der Waals surface area contributed by atoms with Gasteiger partial charge in [-0.05, 0) is 191 Å². The van der Waals surface area contributed by atoms with Crippen molar-refractivity contribution in [2.24, 2.45) is 0 Å². The van der Waals surface area contributed by atoms with Crippen LogP contribution in [0.2, 0.25) is 0 Å². The Kier molecular flexibility index (Phi) is 84.9. The van der Waals surface area contributed by atoms with Crippen LogP contribution in [0.5, 0.6) is 17.2 Å². The maximum Gasteiger partial charge on any atom is 1.00 e. The van der Waals surface area contributed by atoms with Crippen LogP contribution in [0.4, 0.5) is 32.8 Å². The molecule has 0 radical (unpaired) electrons. The molecule has 0 saturated carbocycles. The van der Waals surface area contributed by atoms with Crippen molar-refractivity contribution in [1.82, 2.24) is 0 Å². The van der Waals surface area contributed by atoms with E-state index in [9.17, 15) is 47.5 Å². The van der Waals surface area contributed by atoms with E-state index in [0.29, 0.717) is 97.1 Å². The first kappa shape index (κ1) is 141. The first-order chi connectivity index (χ1) is 64.4. The van der Waals surface area contributed by atoms with Crippen molar-refractivity contribution in [3.63, 3.8) is 0 Å². The number of aliphatic hydroxyl groups is 1. The van der Waals surface area contributed by atoms with Gasteiger partial charge in [-0.1, -0.05) is 200 Å². The molecule has 0 aliphatic heterocycles. The van der Waals surface area contributed by atoms with E-state index in [-0.39, 0.29) is 101 Å². The number of esters is 3. The van der Waals surface area contributed by atoms with Gasteiger partial charge in [-0.15, -0.1) is 6.58 Å². The fourth-order valence-electron chi connectivity index (χ4n) is 10.4. The zero-order chi connectivity index (χ0) is 105. The maximum absolute atomic E-state index is 13.0. The molecule has 10 aromatic rings. The summed E-state index contributed by atoms with van der Waals surface area (Å²) >= 11 is 15.0. The number of ketones is 3. The van der Waals surface area contributed by atoms with E-state index in [1.807, 2.05) is 74.5 Å². The van der Waals surface area contributed by atoms with Crippen molar-refractivity contribution in [2.45, 2.75) is 88.5 Å². The summed E-state index contributed by atoms with van der Waals surface area (Å²) in [5.41, 5.74) is 13.6. The predicted octanol–water partition coefficient (Wildman–Crippen LogP) is 23.8. The quantitative estimate of drug-likeness (QED) is 0.00779. The van der Waals surface area contributed by atoms with E-state index in [1.165, 1.54) is 26.4 Å². The number of rotatable bonds is 19. The first-order valence-corrected chi connectivity index (χ1v) is 46.7. The number of ether oxygens (including phenoxy) is 6. The van der Waals surface area contributed by atoms with Gasteiger partial charge in [0.25, 0.3) is 5.24 Å². The van der Waals surface area contributed by atoms with Crippen molar-refractivity contribution in [2.75, 3.05) is 61.7 Å². The van der Waals surface area contributed by atoms with Crippen LogP contribution >= 0.6 is 102 Å². The maximum atomic E-state index is 13.0. The number of carbonyl (C=O) groups is 9. The van der Waals surface area contributed by atoms with Crippen LogP contribution in [0.25, 0.3) is 24.2 Å². The summed E-state index contributed by atoms with van der Waals surface area (Å²) in [5, 5.41) is 31.0. The van der Waals surface area contributed by atoms with Crippen molar-refractivity contribution >= 4 is 201 Å². The minimum absolute atomic E-state index is 0. The SMILES string of the molecule is C.C=CCBr.CO.COC(=O)c1ccc(Br)cc1C.COc1ccc(CC(C)=O)cc1.Cc1cc(Br)ccc1C(=O)O.O=S(Cl)Cl.O=S(Cl)Cl.[2H]CF.[C-]#N.[C-]#[N+]c1ccc(C(=O)C(C(=O)OCC)c2ccc(OC)cc2)c(C)c1.[C-]#[N+]c1ccc(C(=O)Cc2ccc(OC)cc2)c(C)c1.[C-]#[N+]c1ccc(C(=O)Cl)c(C)c1.[C-]#[N+]c1ccc(C(=O)O)c(C)c1.[C-]#[N+]c1ccc(C(=O)OC)c(C)c1.[Cu+].[Na+].[OH-]. The van der Waals surface area contributed by atoms with Gasteiger partial charge in [0.15, 0.2) is 40.0 Å². The van der Waals surface area contributed by atoms with Gasteiger partial charge in [0, 0.05) is 93.6 Å². The smallest absolute Gasteiger partial charge is 0.870 e. The van der Waals surface area contributed by atoms with E-state index in [2.05, 4.69) is 131 Å². The number of aliphatic hydroxyl groups excluding tert-OH is 1. The van der Waals surface area contributed by atoms with Crippen molar-refractivity contribution < 1.29 is 153 Å². The molecule has 40 heteroatoms. The van der Waals surface area contributed by atoms with Gasteiger partial charge in [-0.3, -0.25) is 28.4 Å². The van der Waals surface area contributed by atoms with Crippen LogP contribution in [0.15, 0.2) is 222 Å². The van der Waals surface area contributed by atoms with Gasteiger partial charge < -0.3 is 61.1 Å². The molecule has 1 atom stereocenters. The first-order valence-electron chi connectivity index (χ1n) is 38.7. The molecule has 0 aromatic heterocycles. The Morgan fingerprint density at radius 3 is 0.978 bits per heavy atom. The van der Waals surface area contributed by atoms with E-state index < -0.39 is 54.7 Å². The summed E-state index contributed by atoms with van der Waals surface area (Å²) < 4.78 is 65.0. The molecule has 0 saturated heterocycles. The summed E-state index contributed by atoms with van der Waals surface area (Å²) in [6, 6.07) is 56.4. The normalized spacial score (nSPS) is 9.14. The van der Waals surface area contributed by atoms with Crippen LogP contribution < -0.4 is 43.8 Å². The Morgan fingerprint density at radius 2 is 0.734 bits per heavy atom. The van der Waals surface area contributed by atoms with Crippen LogP contribution in [-0.4, -0.2) is 143 Å². The number of carbonyl (C=O) groups excluding carboxylic acids is 7. The number of aromatic carboxylic acids is 2. The summed E-state index contributed by atoms with van der Waals surface area (Å²) in [5.74, 6) is -2.01. The average Bonchev–Trinajstić information content (AvgIpc) is 0.815. The molecule has 10 aromatic carbocycles. The number of aryl methyl sites for hydroxylation is 7. The number of carboxylic acids is 2. The second-order valence-corrected chi connectivity index (χ2v) is 33.5. The van der Waals surface area contributed by atoms with Crippen molar-refractivity contribution in [3.05, 3.63) is 380 Å². The molecule has 1 unspecified atom stereocenters. The van der Waals surface area contributed by atoms with Crippen molar-refractivity contribution in [3.8, 4) is 17.2 Å². The molecule has 0 bridgehead atoms. The molecule has 0 aliphatic carbocycles. The molecular formula is C99H101Br3Cl5CuFN6NaO21S2. The fourth-order valence-corrected chi connectivity index (χ4v) is 11.6. The minimum Gasteiger partial charge on any atom is -0.870 e. The Morgan fingerprint density at radius 1 is 0.482 bits per heavy atom. The summed E-state index contributed by atoms with van der Waals surface area (Å²) in [6.45, 7) is 58.3. The monoisotopic (exact) mass is 2290 g/mol. The molecule has 10 rings (SSSR count). The summed E-state index contributed by atoms with van der Waals surface area (Å²) in [7, 11) is 22.2. The average molecular weight is 2300 g/mol. The number of allylic oxidation sites excluding steroid dienone is 1. The molecule has 0 amide bonds. The number of halogens is 9. The molecule has 0 aliphatic rings. The zero-order valence-electron chi connectivity index (χ0n) is 78.4. The Balaban J connectivity index is -0.000000233. The minimum atomic E-state index is -1.67. The second-order valence-electron chi connectivity index (χ2n) is 25.6. The summed E-state index contributed by atoms with van der Waals surface area (Å²) in [6.07, 6.45) is 2.65. The van der Waals surface area contributed by atoms with Gasteiger partial charge >= 0.3 is 76.5 Å². The van der Waals surface area contributed by atoms with Gasteiger partial charge in [-0.25, -0.2) is 51.8 Å². The molecular weight excluding hydrogens is 2200 g/mol. The molecule has 0 heterocycles. The third-order valence-corrected chi connectivity index (χ3v) is 18.2. The molecule has 27 nitrogen and oxygen atoms in total. The van der Waals surface area contributed by atoms with Gasteiger partial charge in [0.2, 0.25) is 18.5 Å². The van der Waals surface area contributed by atoms with Crippen LogP contribution in [0.3, 0.4) is 0 Å². The third kappa shape index (κ3) is 59.8. The molecule has 4 N–H and O–H groups in total. The number of hydrogen-bond donors (Lipinski definition) is 3. The number of alkyl halides is 2. The van der Waals surface area contributed by atoms with Crippen LogP contribution in [0, 0.1) is 93.2 Å². The number of carboxylic acid groups (broad SMARTS) is 2. The van der Waals surface area contributed by atoms with Crippen LogP contribution in [-0.2, 0) is 72.2 Å². The Labute approximate surface area is 898 Å². The third-order valence-electron chi connectivity index (χ3n) is 16.6. The molecule has 0 fully saturated rings. The Bertz CT molecular complexity index is 5800. The van der Waals surface area contributed by atoms with Gasteiger partial charge in [0.1, 0.15) is 28.9 Å². The largest absolute Gasteiger partial charge is 1.00 e. The zero-order valence-corrected chi connectivity index (χ0v) is 90.5. The predicted molar refractivity (Wildman–Crippen MR) is 549 cm³/mol. The number of Topliss-reactive ketones (excluding diaryl/α,β-unsaturated/α-hetero) is 3. The number of nitrogens with zero attached hydrogens (tertiary/aromatic N) is 6. The van der Waals surface area contributed by atoms with Crippen molar-refractivity contribution in [1.29, 1.82) is 5.26 Å². The van der Waals surface area contributed by atoms with Crippen LogP contribution in [0.1, 0.15) is 157 Å². The van der Waals surface area contributed by atoms with Gasteiger partial charge in [0.05, 0.1) is 106 Å².